The van der Waals surface area contributed by atoms with Gasteiger partial charge in [-0.15, -0.1) is 11.3 Å². The number of benzene rings is 2. The molecule has 0 amide bonds. The molecule has 0 aliphatic rings. The molecule has 0 bridgehead atoms. The molecule has 4 aromatic rings. The molecule has 2 aromatic heterocycles. The second kappa shape index (κ2) is 7.29. The van der Waals surface area contributed by atoms with Crippen LogP contribution in [-0.2, 0) is 17.1 Å². The summed E-state index contributed by atoms with van der Waals surface area (Å²) in [6.45, 7) is 0.282. The van der Waals surface area contributed by atoms with Crippen LogP contribution >= 0.6 is 11.3 Å². The zero-order chi connectivity index (χ0) is 19.9. The SMILES string of the molecule is CN(C)C(CNS(=O)(=O)c1ccc2ncsc2c1)c1cn(C)c2ccccc12. The van der Waals surface area contributed by atoms with Crippen molar-refractivity contribution in [3.63, 3.8) is 0 Å². The number of fused-ring (bicyclic) bond motifs is 2. The van der Waals surface area contributed by atoms with Crippen LogP contribution in [-0.4, -0.2) is 43.5 Å². The van der Waals surface area contributed by atoms with Gasteiger partial charge in [-0.1, -0.05) is 18.2 Å². The van der Waals surface area contributed by atoms with E-state index in [4.69, 9.17) is 0 Å². The summed E-state index contributed by atoms with van der Waals surface area (Å²) in [5, 5.41) is 1.13. The predicted molar refractivity (Wildman–Crippen MR) is 114 cm³/mol. The lowest BCUT2D eigenvalue weighted by Crippen LogP contribution is -2.34. The fraction of sp³-hybridized carbons (Fsp3) is 0.250. The van der Waals surface area contributed by atoms with Gasteiger partial charge in [0.25, 0.3) is 0 Å². The molecule has 146 valence electrons. The van der Waals surface area contributed by atoms with Crippen molar-refractivity contribution in [1.82, 2.24) is 19.2 Å². The number of hydrogen-bond acceptors (Lipinski definition) is 5. The van der Waals surface area contributed by atoms with Crippen LogP contribution in [0.5, 0.6) is 0 Å². The van der Waals surface area contributed by atoms with Crippen LogP contribution in [0.2, 0.25) is 0 Å². The molecule has 2 aromatic carbocycles. The van der Waals surface area contributed by atoms with E-state index in [-0.39, 0.29) is 17.5 Å². The molecule has 0 saturated carbocycles. The third kappa shape index (κ3) is 3.44. The van der Waals surface area contributed by atoms with Gasteiger partial charge in [0.05, 0.1) is 20.6 Å². The van der Waals surface area contributed by atoms with Crippen molar-refractivity contribution in [3.8, 4) is 0 Å². The van der Waals surface area contributed by atoms with Gasteiger partial charge in [-0.05, 0) is 43.9 Å². The highest BCUT2D eigenvalue weighted by molar-refractivity contribution is 7.89. The van der Waals surface area contributed by atoms with Crippen molar-refractivity contribution >= 4 is 42.5 Å². The van der Waals surface area contributed by atoms with E-state index in [1.165, 1.54) is 11.3 Å². The van der Waals surface area contributed by atoms with Gasteiger partial charge in [0.2, 0.25) is 10.0 Å². The van der Waals surface area contributed by atoms with Crippen LogP contribution in [0.1, 0.15) is 11.6 Å². The number of aryl methyl sites for hydroxylation is 1. The third-order valence-electron chi connectivity index (χ3n) is 4.99. The molecular weight excluding hydrogens is 392 g/mol. The van der Waals surface area contributed by atoms with Crippen LogP contribution in [0.15, 0.2) is 59.1 Å². The Kier molecular flexibility index (Phi) is 4.96. The maximum Gasteiger partial charge on any atom is 0.240 e. The Balaban J connectivity index is 1.63. The molecule has 0 spiro atoms. The van der Waals surface area contributed by atoms with Crippen molar-refractivity contribution < 1.29 is 8.42 Å². The van der Waals surface area contributed by atoms with Gasteiger partial charge in [-0.3, -0.25) is 0 Å². The Hall–Kier alpha value is -2.26. The molecule has 0 saturated heterocycles. The molecule has 28 heavy (non-hydrogen) atoms. The van der Waals surface area contributed by atoms with Crippen LogP contribution in [0.25, 0.3) is 21.1 Å². The molecule has 0 radical (unpaired) electrons. The van der Waals surface area contributed by atoms with E-state index in [9.17, 15) is 8.42 Å². The van der Waals surface area contributed by atoms with E-state index < -0.39 is 10.0 Å². The Bertz CT molecular complexity index is 1240. The summed E-state index contributed by atoms with van der Waals surface area (Å²) in [5.74, 6) is 0. The number of para-hydroxylation sites is 1. The minimum absolute atomic E-state index is 0.0898. The molecule has 1 N–H and O–H groups in total. The van der Waals surface area contributed by atoms with Crippen molar-refractivity contribution in [2.45, 2.75) is 10.9 Å². The van der Waals surface area contributed by atoms with Crippen LogP contribution in [0.3, 0.4) is 0 Å². The molecule has 8 heteroatoms. The number of likely N-dealkylation sites (N-methyl/N-ethyl adjacent to an activating group) is 1. The molecule has 1 unspecified atom stereocenters. The summed E-state index contributed by atoms with van der Waals surface area (Å²) in [6, 6.07) is 13.1. The molecule has 2 heterocycles. The molecule has 1 atom stereocenters. The number of hydrogen-bond donors (Lipinski definition) is 1. The number of sulfonamides is 1. The zero-order valence-electron chi connectivity index (χ0n) is 16.0. The Morgan fingerprint density at radius 1 is 1.21 bits per heavy atom. The van der Waals surface area contributed by atoms with E-state index in [0.717, 1.165) is 26.7 Å². The summed E-state index contributed by atoms with van der Waals surface area (Å²) in [7, 11) is 2.31. The van der Waals surface area contributed by atoms with Crippen molar-refractivity contribution in [2.75, 3.05) is 20.6 Å². The quantitative estimate of drug-likeness (QED) is 0.525. The van der Waals surface area contributed by atoms with E-state index >= 15 is 0 Å². The number of thiazole rings is 1. The third-order valence-corrected chi connectivity index (χ3v) is 7.20. The lowest BCUT2D eigenvalue weighted by molar-refractivity contribution is 0.301. The van der Waals surface area contributed by atoms with Crippen LogP contribution in [0, 0.1) is 0 Å². The van der Waals surface area contributed by atoms with Crippen molar-refractivity contribution in [3.05, 3.63) is 59.7 Å². The van der Waals surface area contributed by atoms with E-state index in [1.807, 2.05) is 38.2 Å². The molecule has 0 aliphatic carbocycles. The number of nitrogens with zero attached hydrogens (tertiary/aromatic N) is 3. The maximum absolute atomic E-state index is 12.9. The first kappa shape index (κ1) is 19.1. The summed E-state index contributed by atoms with van der Waals surface area (Å²) in [4.78, 5) is 6.51. The predicted octanol–water partition coefficient (Wildman–Crippen LogP) is 3.37. The van der Waals surface area contributed by atoms with Gasteiger partial charge < -0.3 is 9.47 Å². The molecule has 0 fully saturated rings. The topological polar surface area (TPSA) is 67.2 Å². The van der Waals surface area contributed by atoms with Crippen molar-refractivity contribution in [1.29, 1.82) is 0 Å². The van der Waals surface area contributed by atoms with Gasteiger partial charge in [0, 0.05) is 36.7 Å². The van der Waals surface area contributed by atoms with Crippen LogP contribution < -0.4 is 4.72 Å². The minimum atomic E-state index is -3.62. The van der Waals surface area contributed by atoms with E-state index in [0.29, 0.717) is 0 Å². The van der Waals surface area contributed by atoms with Gasteiger partial charge in [0.1, 0.15) is 0 Å². The normalized spacial score (nSPS) is 13.6. The van der Waals surface area contributed by atoms with Gasteiger partial charge >= 0.3 is 0 Å². The molecule has 6 nitrogen and oxygen atoms in total. The van der Waals surface area contributed by atoms with Gasteiger partial charge in [-0.2, -0.15) is 0 Å². The Labute approximate surface area is 168 Å². The fourth-order valence-electron chi connectivity index (χ4n) is 3.48. The smallest absolute Gasteiger partial charge is 0.240 e. The summed E-state index contributed by atoms with van der Waals surface area (Å²) < 4.78 is 31.5. The maximum atomic E-state index is 12.9. The highest BCUT2D eigenvalue weighted by Gasteiger charge is 2.23. The lowest BCUT2D eigenvalue weighted by atomic mass is 10.1. The van der Waals surface area contributed by atoms with E-state index in [2.05, 4.69) is 32.6 Å². The first-order valence-electron chi connectivity index (χ1n) is 8.90. The number of nitrogens with one attached hydrogen (secondary N) is 1. The summed E-state index contributed by atoms with van der Waals surface area (Å²) in [6.07, 6.45) is 2.08. The first-order chi connectivity index (χ1) is 13.4. The minimum Gasteiger partial charge on any atom is -0.350 e. The Morgan fingerprint density at radius 2 is 2.00 bits per heavy atom. The van der Waals surface area contributed by atoms with Gasteiger partial charge in [-0.25, -0.2) is 18.1 Å². The summed E-state index contributed by atoms with van der Waals surface area (Å²) >= 11 is 1.43. The molecule has 4 rings (SSSR count). The average Bonchev–Trinajstić information content (AvgIpc) is 3.26. The second-order valence-corrected chi connectivity index (χ2v) is 9.68. The highest BCUT2D eigenvalue weighted by Crippen LogP contribution is 2.29. The lowest BCUT2D eigenvalue weighted by Gasteiger charge is -2.24. The molecular formula is C20H22N4O2S2. The fourth-order valence-corrected chi connectivity index (χ4v) is 5.34. The number of aromatic nitrogens is 2. The van der Waals surface area contributed by atoms with Crippen LogP contribution in [0.4, 0.5) is 0 Å². The number of rotatable bonds is 6. The highest BCUT2D eigenvalue weighted by atomic mass is 32.2. The first-order valence-corrected chi connectivity index (χ1v) is 11.3. The van der Waals surface area contributed by atoms with Gasteiger partial charge in [0.15, 0.2) is 0 Å². The average molecular weight is 415 g/mol. The second-order valence-electron chi connectivity index (χ2n) is 7.03. The largest absolute Gasteiger partial charge is 0.350 e. The van der Waals surface area contributed by atoms with E-state index in [1.54, 1.807) is 23.7 Å². The standard InChI is InChI=1S/C20H22N4O2S2/c1-23(2)19(16-12-24(3)18-7-5-4-6-15(16)18)11-22-28(25,26)14-8-9-17-20(10-14)27-13-21-17/h4-10,12-13,19,22H,11H2,1-3H3. The monoisotopic (exact) mass is 414 g/mol. The zero-order valence-corrected chi connectivity index (χ0v) is 17.6. The molecule has 0 aliphatic heterocycles. The summed E-state index contributed by atoms with van der Waals surface area (Å²) in [5.41, 5.74) is 4.76. The Morgan fingerprint density at radius 3 is 2.79 bits per heavy atom. The van der Waals surface area contributed by atoms with Crippen molar-refractivity contribution in [2.24, 2.45) is 7.05 Å².